The predicted molar refractivity (Wildman–Crippen MR) is 416 cm³/mol. The molecule has 3 nitrogen and oxygen atoms in total. The molecule has 0 spiro atoms. The molecule has 0 saturated heterocycles. The van der Waals surface area contributed by atoms with Crippen molar-refractivity contribution in [2.75, 3.05) is 0 Å². The number of hydrogen-bond acceptors (Lipinski definition) is 0. The Bertz CT molecular complexity index is 4060. The molecule has 0 radical (unpaired) electrons. The van der Waals surface area contributed by atoms with Crippen molar-refractivity contribution in [3.63, 3.8) is 0 Å². The van der Waals surface area contributed by atoms with Crippen LogP contribution >= 0.6 is 0 Å². The van der Waals surface area contributed by atoms with Gasteiger partial charge in [-0.15, -0.1) is 0 Å². The van der Waals surface area contributed by atoms with Gasteiger partial charge in [-0.05, 0) is 146 Å². The monoisotopic (exact) mass is 1280 g/mol. The second-order valence-electron chi connectivity index (χ2n) is 31.9. The van der Waals surface area contributed by atoms with Crippen LogP contribution in [0.2, 0.25) is 54.4 Å². The fourth-order valence-electron chi connectivity index (χ4n) is 15.3. The van der Waals surface area contributed by atoms with E-state index in [9.17, 15) is 0 Å². The Balaban J connectivity index is 0.000000196. The van der Waals surface area contributed by atoms with Gasteiger partial charge in [-0.2, -0.15) is 0 Å². The number of rotatable bonds is 15. The first-order valence-electron chi connectivity index (χ1n) is 35.7. The molecule has 0 N–H and O–H groups in total. The van der Waals surface area contributed by atoms with Crippen LogP contribution in [-0.4, -0.2) is 24.2 Å². The molecule has 0 fully saturated rings. The van der Waals surface area contributed by atoms with Crippen molar-refractivity contribution < 1.29 is 13.7 Å². The van der Waals surface area contributed by atoms with Crippen molar-refractivity contribution in [3.8, 4) is 33.8 Å². The molecule has 0 saturated carbocycles. The normalized spacial score (nSPS) is 12.7. The molecule has 0 bridgehead atoms. The number of benzene rings is 6. The summed E-state index contributed by atoms with van der Waals surface area (Å²) in [6, 6.07) is 57.6. The Morgan fingerprint density at radius 2 is 0.598 bits per heavy atom. The molecule has 3 aromatic heterocycles. The lowest BCUT2D eigenvalue weighted by Crippen LogP contribution is -2.45. The minimum Gasteiger partial charge on any atom is -0.200 e. The topological polar surface area (TPSA) is 11.6 Å². The first kappa shape index (κ1) is 73.6. The van der Waals surface area contributed by atoms with E-state index in [1.54, 1.807) is 15.6 Å². The van der Waals surface area contributed by atoms with E-state index in [0.29, 0.717) is 0 Å². The highest BCUT2D eigenvalue weighted by Crippen LogP contribution is 2.40. The standard InChI is InChI=1S/C31H46NSi.C28H40NSi.C27H38NSi/c1-12-33(13-2,14-3)25-15-16-26-23(19-25)17-18-32(11)29(26)27-20-24(30(5,6)7)21-28(22(27)4)31(8,9)10;1-10-30(11-2,12-3)24-13-14-25-22(18-24)15-16-29(9)27(25)26-19-23(28(6,7)8)17-20(4)21(26)5;1-9-29(10-2,11-3)23-14-15-24-21(18-23)16-17-28(8)26(24)25-19-22(27(5,6)7)13-12-20(25)4/h15-21H,12-14H2,1-11H3;13-19H,10-12H2,1-9H3;12-19H,9-11H2,1-8H3/q3*+1. The van der Waals surface area contributed by atoms with E-state index in [1.165, 1.54) is 165 Å². The third-order valence-electron chi connectivity index (χ3n) is 22.8. The average molecular weight is 1280 g/mol. The molecule has 6 aromatic carbocycles. The molecule has 9 aromatic rings. The second kappa shape index (κ2) is 28.7. The van der Waals surface area contributed by atoms with Crippen LogP contribution < -0.4 is 29.3 Å². The summed E-state index contributed by atoms with van der Waals surface area (Å²) in [6.07, 6.45) is 6.74. The third-order valence-corrected chi connectivity index (χ3v) is 39.6. The van der Waals surface area contributed by atoms with Gasteiger partial charge in [0.25, 0.3) is 0 Å². The highest BCUT2D eigenvalue weighted by molar-refractivity contribution is 6.92. The summed E-state index contributed by atoms with van der Waals surface area (Å²) in [7, 11) is 2.40. The summed E-state index contributed by atoms with van der Waals surface area (Å²) in [5, 5.41) is 13.1. The van der Waals surface area contributed by atoms with E-state index in [-0.39, 0.29) is 21.7 Å². The minimum absolute atomic E-state index is 0.102. The fourth-order valence-corrected chi connectivity index (χ4v) is 26.1. The molecular formula is C86H124N3Si3+3. The summed E-state index contributed by atoms with van der Waals surface area (Å²) in [5.41, 5.74) is 19.7. The maximum absolute atomic E-state index is 2.52. The van der Waals surface area contributed by atoms with E-state index in [2.05, 4.69) is 342 Å². The van der Waals surface area contributed by atoms with E-state index in [0.717, 1.165) is 0 Å². The van der Waals surface area contributed by atoms with Crippen LogP contribution in [0.3, 0.4) is 0 Å². The number of nitrogens with zero attached hydrogens (tertiary/aromatic N) is 3. The lowest BCUT2D eigenvalue weighted by atomic mass is 9.76. The Morgan fingerprint density at radius 3 is 0.913 bits per heavy atom. The highest BCUT2D eigenvalue weighted by atomic mass is 28.3. The van der Waals surface area contributed by atoms with Gasteiger partial charge >= 0.3 is 0 Å². The fraction of sp³-hybridized carbons (Fsp3) is 0.477. The highest BCUT2D eigenvalue weighted by Gasteiger charge is 2.34. The van der Waals surface area contributed by atoms with Gasteiger partial charge in [-0.1, -0.05) is 276 Å². The van der Waals surface area contributed by atoms with Crippen LogP contribution in [0.5, 0.6) is 0 Å². The zero-order valence-electron chi connectivity index (χ0n) is 63.4. The van der Waals surface area contributed by atoms with E-state index < -0.39 is 24.2 Å². The number of aromatic nitrogens is 3. The summed E-state index contributed by atoms with van der Waals surface area (Å²) in [5.74, 6) is 0. The maximum atomic E-state index is 2.52. The summed E-state index contributed by atoms with van der Waals surface area (Å²) < 4.78 is 6.93. The van der Waals surface area contributed by atoms with E-state index in [1.807, 2.05) is 0 Å². The molecule has 0 amide bonds. The van der Waals surface area contributed by atoms with E-state index in [4.69, 9.17) is 0 Å². The first-order chi connectivity index (χ1) is 43.0. The third kappa shape index (κ3) is 14.8. The minimum atomic E-state index is -1.41. The van der Waals surface area contributed by atoms with Crippen molar-refractivity contribution in [2.24, 2.45) is 21.1 Å². The van der Waals surface area contributed by atoms with Crippen LogP contribution in [0.15, 0.2) is 134 Å². The zero-order valence-corrected chi connectivity index (χ0v) is 66.4. The number of pyridine rings is 3. The Hall–Kier alpha value is -5.80. The van der Waals surface area contributed by atoms with Gasteiger partial charge in [-0.3, -0.25) is 0 Å². The van der Waals surface area contributed by atoms with E-state index >= 15 is 0 Å². The van der Waals surface area contributed by atoms with Gasteiger partial charge < -0.3 is 0 Å². The molecule has 0 aliphatic carbocycles. The number of aryl methyl sites for hydroxylation is 5. The van der Waals surface area contributed by atoms with Gasteiger partial charge in [0.15, 0.2) is 18.6 Å². The van der Waals surface area contributed by atoms with Gasteiger partial charge in [-0.25, -0.2) is 13.7 Å². The van der Waals surface area contributed by atoms with Crippen LogP contribution in [0.4, 0.5) is 0 Å². The Labute approximate surface area is 564 Å². The molecule has 492 valence electrons. The van der Waals surface area contributed by atoms with Crippen LogP contribution in [-0.2, 0) is 42.8 Å². The van der Waals surface area contributed by atoms with Crippen LogP contribution in [0.1, 0.15) is 190 Å². The smallest absolute Gasteiger partial charge is 0.200 e. The van der Waals surface area contributed by atoms with Gasteiger partial charge in [0, 0.05) is 23.8 Å². The summed E-state index contributed by atoms with van der Waals surface area (Å²) >= 11 is 0. The molecule has 0 aliphatic rings. The summed E-state index contributed by atoms with van der Waals surface area (Å²) in [4.78, 5) is 0. The molecule has 3 heterocycles. The predicted octanol–water partition coefficient (Wildman–Crippen LogP) is 21.6. The van der Waals surface area contributed by atoms with Crippen molar-refractivity contribution in [2.45, 2.75) is 249 Å². The molecule has 92 heavy (non-hydrogen) atoms. The SMILES string of the molecule is CC[Si](CC)(CC)c1ccc2c(-c3cc(C(C)(C)C)cc(C(C)(C)C)c3C)[n+](C)ccc2c1.CC[Si](CC)(CC)c1ccc2c(-c3cc(C(C)(C)C)cc(C)c3C)[n+](C)ccc2c1.CC[Si](CC)(CC)c1ccc2c(-c3cc(C(C)(C)C)ccc3C)[n+](C)ccc2c1. The lowest BCUT2D eigenvalue weighted by Gasteiger charge is -2.29. The molecule has 0 aliphatic heterocycles. The van der Waals surface area contributed by atoms with Crippen LogP contribution in [0, 0.1) is 27.7 Å². The molecule has 0 unspecified atom stereocenters. The molecule has 0 atom stereocenters. The van der Waals surface area contributed by atoms with Gasteiger partial charge in [0.1, 0.15) is 21.1 Å². The first-order valence-corrected chi connectivity index (χ1v) is 43.6. The zero-order chi connectivity index (χ0) is 68.4. The van der Waals surface area contributed by atoms with Crippen molar-refractivity contribution in [1.29, 1.82) is 0 Å². The molecule has 6 heteroatoms. The summed E-state index contributed by atoms with van der Waals surface area (Å²) in [6.45, 7) is 58.4. The quantitative estimate of drug-likeness (QED) is 0.0716. The maximum Gasteiger partial charge on any atom is 0.220 e. The van der Waals surface area contributed by atoms with Crippen molar-refractivity contribution >= 4 is 72.1 Å². The lowest BCUT2D eigenvalue weighted by molar-refractivity contribution is -0.659. The average Bonchev–Trinajstić information content (AvgIpc) is 0.779. The van der Waals surface area contributed by atoms with Gasteiger partial charge in [0.2, 0.25) is 17.1 Å². The van der Waals surface area contributed by atoms with Gasteiger partial charge in [0.05, 0.1) is 51.5 Å². The van der Waals surface area contributed by atoms with Crippen molar-refractivity contribution in [1.82, 2.24) is 0 Å². The molecular weight excluding hydrogens is 1160 g/mol. The van der Waals surface area contributed by atoms with Crippen LogP contribution in [0.25, 0.3) is 66.1 Å². The number of fused-ring (bicyclic) bond motifs is 3. The Morgan fingerprint density at radius 1 is 0.293 bits per heavy atom. The van der Waals surface area contributed by atoms with Crippen molar-refractivity contribution in [3.05, 3.63) is 178 Å². The Kier molecular flexibility index (Phi) is 22.9. The number of hydrogen-bond donors (Lipinski definition) is 0. The second-order valence-corrected chi connectivity index (χ2v) is 47.7. The molecule has 9 rings (SSSR count). The largest absolute Gasteiger partial charge is 0.220 e.